The molecule has 1 heterocycles. The third-order valence-corrected chi connectivity index (χ3v) is 3.88. The van der Waals surface area contributed by atoms with E-state index in [-0.39, 0.29) is 6.09 Å². The quantitative estimate of drug-likeness (QED) is 0.916. The fourth-order valence-corrected chi connectivity index (χ4v) is 2.66. The van der Waals surface area contributed by atoms with E-state index in [1.54, 1.807) is 0 Å². The number of rotatable bonds is 3. The molecule has 0 bridgehead atoms. The van der Waals surface area contributed by atoms with Gasteiger partial charge in [-0.25, -0.2) is 4.79 Å². The van der Waals surface area contributed by atoms with Crippen LogP contribution >= 0.6 is 0 Å². The maximum absolute atomic E-state index is 12.0. The largest absolute Gasteiger partial charge is 0.444 e. The molecular weight excluding hydrogens is 276 g/mol. The Balaban J connectivity index is 1.74. The lowest BCUT2D eigenvalue weighted by Gasteiger charge is -2.33. The van der Waals surface area contributed by atoms with Crippen LogP contribution in [0.3, 0.4) is 0 Å². The number of nitrogens with one attached hydrogen (secondary N) is 1. The Labute approximate surface area is 133 Å². The van der Waals surface area contributed by atoms with Crippen molar-refractivity contribution in [2.45, 2.75) is 46.1 Å². The van der Waals surface area contributed by atoms with E-state index < -0.39 is 5.60 Å². The number of aryl methyl sites for hydroxylation is 1. The van der Waals surface area contributed by atoms with Crippen LogP contribution in [0.15, 0.2) is 24.3 Å². The van der Waals surface area contributed by atoms with Crippen LogP contribution < -0.4 is 5.32 Å². The van der Waals surface area contributed by atoms with E-state index in [0.717, 1.165) is 32.5 Å². The van der Waals surface area contributed by atoms with Crippen LogP contribution in [0.5, 0.6) is 0 Å². The highest BCUT2D eigenvalue weighted by molar-refractivity contribution is 5.68. The van der Waals surface area contributed by atoms with E-state index in [2.05, 4.69) is 36.5 Å². The second-order valence-electron chi connectivity index (χ2n) is 7.16. The fraction of sp³-hybridized carbons (Fsp3) is 0.611. The Morgan fingerprint density at radius 3 is 2.59 bits per heavy atom. The van der Waals surface area contributed by atoms with E-state index in [0.29, 0.717) is 5.92 Å². The number of hydrogen-bond acceptors (Lipinski definition) is 3. The van der Waals surface area contributed by atoms with E-state index in [4.69, 9.17) is 4.74 Å². The molecule has 1 saturated heterocycles. The molecule has 1 aliphatic heterocycles. The van der Waals surface area contributed by atoms with Gasteiger partial charge in [0.1, 0.15) is 5.60 Å². The van der Waals surface area contributed by atoms with Gasteiger partial charge in [-0.15, -0.1) is 0 Å². The van der Waals surface area contributed by atoms with Crippen molar-refractivity contribution in [2.24, 2.45) is 5.92 Å². The monoisotopic (exact) mass is 304 g/mol. The first kappa shape index (κ1) is 16.7. The summed E-state index contributed by atoms with van der Waals surface area (Å²) < 4.78 is 5.43. The van der Waals surface area contributed by atoms with Crippen LogP contribution in [0.4, 0.5) is 10.5 Å². The minimum absolute atomic E-state index is 0.183. The zero-order valence-electron chi connectivity index (χ0n) is 14.2. The zero-order chi connectivity index (χ0) is 16.2. The second kappa shape index (κ2) is 7.03. The molecule has 4 nitrogen and oxygen atoms in total. The highest BCUT2D eigenvalue weighted by Crippen LogP contribution is 2.20. The molecule has 1 amide bonds. The van der Waals surface area contributed by atoms with Gasteiger partial charge in [-0.05, 0) is 64.2 Å². The summed E-state index contributed by atoms with van der Waals surface area (Å²) in [4.78, 5) is 13.9. The molecule has 22 heavy (non-hydrogen) atoms. The first-order chi connectivity index (χ1) is 10.3. The van der Waals surface area contributed by atoms with E-state index in [1.807, 2.05) is 25.7 Å². The summed E-state index contributed by atoms with van der Waals surface area (Å²) in [6, 6.07) is 8.44. The van der Waals surface area contributed by atoms with Crippen LogP contribution in [-0.4, -0.2) is 36.2 Å². The third kappa shape index (κ3) is 5.24. The molecule has 0 aromatic heterocycles. The molecule has 0 unspecified atom stereocenters. The molecule has 1 aliphatic rings. The summed E-state index contributed by atoms with van der Waals surface area (Å²) >= 11 is 0. The van der Waals surface area contributed by atoms with Crippen LogP contribution in [0.1, 0.15) is 39.2 Å². The number of amides is 1. The zero-order valence-corrected chi connectivity index (χ0v) is 14.2. The molecule has 4 heteroatoms. The van der Waals surface area contributed by atoms with Crippen molar-refractivity contribution in [1.82, 2.24) is 4.90 Å². The van der Waals surface area contributed by atoms with Crippen molar-refractivity contribution in [3.05, 3.63) is 29.8 Å². The van der Waals surface area contributed by atoms with E-state index in [9.17, 15) is 4.79 Å². The average molecular weight is 304 g/mol. The predicted octanol–water partition coefficient (Wildman–Crippen LogP) is 4.05. The van der Waals surface area contributed by atoms with Gasteiger partial charge in [0.05, 0.1) is 0 Å². The lowest BCUT2D eigenvalue weighted by Crippen LogP contribution is -2.42. The molecule has 0 saturated carbocycles. The van der Waals surface area contributed by atoms with Gasteiger partial charge in [0.2, 0.25) is 0 Å². The maximum atomic E-state index is 12.0. The highest BCUT2D eigenvalue weighted by atomic mass is 16.6. The molecule has 1 aromatic carbocycles. The molecule has 0 spiro atoms. The number of carbonyl (C=O) groups excluding carboxylic acids is 1. The summed E-state index contributed by atoms with van der Waals surface area (Å²) in [6.45, 7) is 10.4. The van der Waals surface area contributed by atoms with Gasteiger partial charge in [-0.1, -0.05) is 12.1 Å². The number of ether oxygens (including phenoxy) is 1. The molecule has 1 N–H and O–H groups in total. The van der Waals surface area contributed by atoms with Crippen LogP contribution in [0.2, 0.25) is 0 Å². The van der Waals surface area contributed by atoms with Gasteiger partial charge in [0.15, 0.2) is 0 Å². The first-order valence-corrected chi connectivity index (χ1v) is 8.12. The molecule has 0 radical (unpaired) electrons. The number of likely N-dealkylation sites (tertiary alicyclic amines) is 1. The smallest absolute Gasteiger partial charge is 0.410 e. The lowest BCUT2D eigenvalue weighted by molar-refractivity contribution is 0.0188. The van der Waals surface area contributed by atoms with Crippen molar-refractivity contribution in [2.75, 3.05) is 25.0 Å². The number of hydrogen-bond donors (Lipinski definition) is 1. The van der Waals surface area contributed by atoms with Crippen molar-refractivity contribution < 1.29 is 9.53 Å². The van der Waals surface area contributed by atoms with Crippen molar-refractivity contribution in [1.29, 1.82) is 0 Å². The maximum Gasteiger partial charge on any atom is 0.410 e. The predicted molar refractivity (Wildman–Crippen MR) is 90.2 cm³/mol. The minimum atomic E-state index is -0.416. The average Bonchev–Trinajstić information content (AvgIpc) is 2.44. The summed E-state index contributed by atoms with van der Waals surface area (Å²) in [6.07, 6.45) is 1.87. The molecule has 122 valence electrons. The van der Waals surface area contributed by atoms with Crippen molar-refractivity contribution in [3.8, 4) is 0 Å². The standard InChI is InChI=1S/C18H28N2O2/c1-14-6-5-7-16(12-14)19-13-15-8-10-20(11-9-15)17(21)22-18(2,3)4/h5-7,12,15,19H,8-11,13H2,1-4H3. The lowest BCUT2D eigenvalue weighted by atomic mass is 9.97. The Kier molecular flexibility index (Phi) is 5.33. The number of nitrogens with zero attached hydrogens (tertiary/aromatic N) is 1. The normalized spacial score (nSPS) is 16.5. The number of benzene rings is 1. The molecular formula is C18H28N2O2. The van der Waals surface area contributed by atoms with Crippen molar-refractivity contribution in [3.63, 3.8) is 0 Å². The third-order valence-electron chi connectivity index (χ3n) is 3.88. The number of carbonyl (C=O) groups is 1. The Hall–Kier alpha value is -1.71. The van der Waals surface area contributed by atoms with Crippen LogP contribution in [-0.2, 0) is 4.74 Å². The Morgan fingerprint density at radius 1 is 1.32 bits per heavy atom. The first-order valence-electron chi connectivity index (χ1n) is 8.12. The molecule has 2 rings (SSSR count). The summed E-state index contributed by atoms with van der Waals surface area (Å²) in [5.41, 5.74) is 2.03. The van der Waals surface area contributed by atoms with Crippen LogP contribution in [0, 0.1) is 12.8 Å². The van der Waals surface area contributed by atoms with Crippen LogP contribution in [0.25, 0.3) is 0 Å². The highest BCUT2D eigenvalue weighted by Gasteiger charge is 2.26. The molecule has 1 fully saturated rings. The van der Waals surface area contributed by atoms with Gasteiger partial charge in [-0.2, -0.15) is 0 Å². The molecule has 0 atom stereocenters. The molecule has 0 aliphatic carbocycles. The minimum Gasteiger partial charge on any atom is -0.444 e. The SMILES string of the molecule is Cc1cccc(NCC2CCN(C(=O)OC(C)(C)C)CC2)c1. The van der Waals surface area contributed by atoms with Gasteiger partial charge in [0, 0.05) is 25.3 Å². The van der Waals surface area contributed by atoms with Gasteiger partial charge in [-0.3, -0.25) is 0 Å². The fourth-order valence-electron chi connectivity index (χ4n) is 2.66. The summed E-state index contributed by atoms with van der Waals surface area (Å²) in [5, 5.41) is 3.50. The topological polar surface area (TPSA) is 41.6 Å². The Bertz CT molecular complexity index is 500. The number of anilines is 1. The van der Waals surface area contributed by atoms with Gasteiger partial charge >= 0.3 is 6.09 Å². The Morgan fingerprint density at radius 2 is 2.00 bits per heavy atom. The van der Waals surface area contributed by atoms with E-state index in [1.165, 1.54) is 11.3 Å². The second-order valence-corrected chi connectivity index (χ2v) is 7.16. The number of piperidine rings is 1. The summed E-state index contributed by atoms with van der Waals surface area (Å²) in [5.74, 6) is 0.610. The van der Waals surface area contributed by atoms with Gasteiger partial charge in [0.25, 0.3) is 0 Å². The van der Waals surface area contributed by atoms with Gasteiger partial charge < -0.3 is 15.0 Å². The summed E-state index contributed by atoms with van der Waals surface area (Å²) in [7, 11) is 0. The van der Waals surface area contributed by atoms with Crippen molar-refractivity contribution >= 4 is 11.8 Å². The molecule has 1 aromatic rings. The van der Waals surface area contributed by atoms with E-state index >= 15 is 0 Å².